The SMILES string of the molecule is CC(C)c1cc(CN(C)C(=O)NCc2cc(-c3ccco3)on2)on1. The lowest BCUT2D eigenvalue weighted by molar-refractivity contribution is 0.200. The topological polar surface area (TPSA) is 97.5 Å². The number of rotatable bonds is 6. The van der Waals surface area contributed by atoms with Gasteiger partial charge in [-0.25, -0.2) is 4.79 Å². The van der Waals surface area contributed by atoms with Crippen LogP contribution in [0.2, 0.25) is 0 Å². The number of nitrogens with zero attached hydrogens (tertiary/aromatic N) is 3. The highest BCUT2D eigenvalue weighted by molar-refractivity contribution is 5.73. The van der Waals surface area contributed by atoms with Crippen LogP contribution in [0.4, 0.5) is 4.79 Å². The Kier molecular flexibility index (Phi) is 4.87. The van der Waals surface area contributed by atoms with E-state index in [9.17, 15) is 4.79 Å². The molecule has 0 spiro atoms. The molecule has 0 atom stereocenters. The van der Waals surface area contributed by atoms with E-state index < -0.39 is 0 Å². The van der Waals surface area contributed by atoms with Crippen LogP contribution < -0.4 is 5.32 Å². The normalized spacial score (nSPS) is 11.0. The van der Waals surface area contributed by atoms with Crippen molar-refractivity contribution < 1.29 is 18.3 Å². The van der Waals surface area contributed by atoms with Crippen LogP contribution in [0.5, 0.6) is 0 Å². The lowest BCUT2D eigenvalue weighted by Gasteiger charge is -2.15. The molecular weight excluding hydrogens is 324 g/mol. The van der Waals surface area contributed by atoms with E-state index in [0.717, 1.165) is 5.69 Å². The monoisotopic (exact) mass is 344 g/mol. The van der Waals surface area contributed by atoms with Crippen molar-refractivity contribution in [3.05, 3.63) is 47.7 Å². The summed E-state index contributed by atoms with van der Waals surface area (Å²) >= 11 is 0. The van der Waals surface area contributed by atoms with Gasteiger partial charge in [0.25, 0.3) is 0 Å². The van der Waals surface area contributed by atoms with Gasteiger partial charge in [0.1, 0.15) is 5.69 Å². The summed E-state index contributed by atoms with van der Waals surface area (Å²) in [6.07, 6.45) is 1.56. The minimum absolute atomic E-state index is 0.245. The van der Waals surface area contributed by atoms with Crippen molar-refractivity contribution in [1.82, 2.24) is 20.5 Å². The molecule has 132 valence electrons. The molecule has 3 rings (SSSR count). The van der Waals surface area contributed by atoms with Crippen molar-refractivity contribution >= 4 is 6.03 Å². The minimum atomic E-state index is -0.245. The zero-order chi connectivity index (χ0) is 17.8. The van der Waals surface area contributed by atoms with E-state index in [1.54, 1.807) is 31.5 Å². The number of carbonyl (C=O) groups is 1. The standard InChI is InChI=1S/C17H20N4O4/c1-11(2)14-8-13(24-20-14)10-21(3)17(22)18-9-12-7-16(25-19-12)15-5-4-6-23-15/h4-8,11H,9-10H2,1-3H3,(H,18,22). The molecule has 2 amide bonds. The van der Waals surface area contributed by atoms with Gasteiger partial charge >= 0.3 is 6.03 Å². The Hall–Kier alpha value is -3.03. The summed E-state index contributed by atoms with van der Waals surface area (Å²) in [5.41, 5.74) is 1.48. The highest BCUT2D eigenvalue weighted by Crippen LogP contribution is 2.20. The Morgan fingerprint density at radius 3 is 2.76 bits per heavy atom. The van der Waals surface area contributed by atoms with Crippen LogP contribution in [0.25, 0.3) is 11.5 Å². The van der Waals surface area contributed by atoms with E-state index in [2.05, 4.69) is 15.6 Å². The first-order valence-electron chi connectivity index (χ1n) is 7.97. The van der Waals surface area contributed by atoms with Crippen LogP contribution in [-0.4, -0.2) is 28.3 Å². The quantitative estimate of drug-likeness (QED) is 0.736. The van der Waals surface area contributed by atoms with Gasteiger partial charge in [-0.2, -0.15) is 0 Å². The fraction of sp³-hybridized carbons (Fsp3) is 0.353. The zero-order valence-electron chi connectivity index (χ0n) is 14.4. The largest absolute Gasteiger partial charge is 0.461 e. The summed E-state index contributed by atoms with van der Waals surface area (Å²) in [5, 5.41) is 10.7. The average Bonchev–Trinajstić information content (AvgIpc) is 3.32. The minimum Gasteiger partial charge on any atom is -0.461 e. The number of hydrogen-bond donors (Lipinski definition) is 1. The molecule has 0 bridgehead atoms. The van der Waals surface area contributed by atoms with Crippen LogP contribution in [0.1, 0.15) is 36.9 Å². The van der Waals surface area contributed by atoms with E-state index in [4.69, 9.17) is 13.5 Å². The summed E-state index contributed by atoms with van der Waals surface area (Å²) < 4.78 is 15.7. The molecule has 3 aromatic rings. The van der Waals surface area contributed by atoms with Gasteiger partial charge in [-0.3, -0.25) is 0 Å². The maximum atomic E-state index is 12.2. The number of urea groups is 1. The van der Waals surface area contributed by atoms with E-state index in [0.29, 0.717) is 29.5 Å². The van der Waals surface area contributed by atoms with Crippen LogP contribution in [0.15, 0.2) is 44.0 Å². The third-order valence-corrected chi connectivity index (χ3v) is 3.65. The van der Waals surface area contributed by atoms with Crippen molar-refractivity contribution in [2.75, 3.05) is 7.05 Å². The summed E-state index contributed by atoms with van der Waals surface area (Å²) in [5.74, 6) is 2.04. The second kappa shape index (κ2) is 7.25. The zero-order valence-corrected chi connectivity index (χ0v) is 14.4. The van der Waals surface area contributed by atoms with Crippen LogP contribution in [0, 0.1) is 0 Å². The highest BCUT2D eigenvalue weighted by Gasteiger charge is 2.15. The molecule has 0 saturated heterocycles. The molecule has 0 aliphatic rings. The third-order valence-electron chi connectivity index (χ3n) is 3.65. The first-order valence-corrected chi connectivity index (χ1v) is 7.97. The first-order chi connectivity index (χ1) is 12.0. The van der Waals surface area contributed by atoms with Gasteiger partial charge < -0.3 is 23.7 Å². The molecule has 0 fully saturated rings. The maximum absolute atomic E-state index is 12.2. The molecular formula is C17H20N4O4. The van der Waals surface area contributed by atoms with Crippen LogP contribution in [-0.2, 0) is 13.1 Å². The van der Waals surface area contributed by atoms with Gasteiger partial charge in [0, 0.05) is 19.2 Å². The highest BCUT2D eigenvalue weighted by atomic mass is 16.5. The van der Waals surface area contributed by atoms with Crippen molar-refractivity contribution in [3.8, 4) is 11.5 Å². The number of furan rings is 1. The van der Waals surface area contributed by atoms with E-state index in [1.165, 1.54) is 4.90 Å². The number of amides is 2. The molecule has 0 aliphatic carbocycles. The number of carbonyl (C=O) groups excluding carboxylic acids is 1. The molecule has 0 unspecified atom stereocenters. The van der Waals surface area contributed by atoms with Crippen molar-refractivity contribution in [2.45, 2.75) is 32.9 Å². The van der Waals surface area contributed by atoms with Crippen LogP contribution >= 0.6 is 0 Å². The number of nitrogens with one attached hydrogen (secondary N) is 1. The summed E-state index contributed by atoms with van der Waals surface area (Å²) in [7, 11) is 1.68. The molecule has 0 aliphatic heterocycles. The van der Waals surface area contributed by atoms with Gasteiger partial charge in [0.2, 0.25) is 5.76 Å². The molecule has 8 nitrogen and oxygen atoms in total. The summed E-state index contributed by atoms with van der Waals surface area (Å²) in [6, 6.07) is 6.89. The van der Waals surface area contributed by atoms with Crippen LogP contribution in [0.3, 0.4) is 0 Å². The fourth-order valence-corrected chi connectivity index (χ4v) is 2.21. The summed E-state index contributed by atoms with van der Waals surface area (Å²) in [4.78, 5) is 13.7. The van der Waals surface area contributed by atoms with E-state index in [1.807, 2.05) is 19.9 Å². The molecule has 0 aromatic carbocycles. The van der Waals surface area contributed by atoms with Gasteiger partial charge in [-0.05, 0) is 18.1 Å². The lowest BCUT2D eigenvalue weighted by Crippen LogP contribution is -2.36. The Morgan fingerprint density at radius 1 is 1.24 bits per heavy atom. The molecule has 3 aromatic heterocycles. The van der Waals surface area contributed by atoms with Gasteiger partial charge in [-0.1, -0.05) is 24.2 Å². The maximum Gasteiger partial charge on any atom is 0.317 e. The van der Waals surface area contributed by atoms with Gasteiger partial charge in [0.15, 0.2) is 11.5 Å². The smallest absolute Gasteiger partial charge is 0.317 e. The van der Waals surface area contributed by atoms with Crippen molar-refractivity contribution in [1.29, 1.82) is 0 Å². The first kappa shape index (κ1) is 16.8. The van der Waals surface area contributed by atoms with Crippen molar-refractivity contribution in [3.63, 3.8) is 0 Å². The average molecular weight is 344 g/mol. The number of aromatic nitrogens is 2. The van der Waals surface area contributed by atoms with Gasteiger partial charge in [0.05, 0.1) is 25.0 Å². The second-order valence-electron chi connectivity index (χ2n) is 6.05. The van der Waals surface area contributed by atoms with E-state index >= 15 is 0 Å². The number of hydrogen-bond acceptors (Lipinski definition) is 6. The summed E-state index contributed by atoms with van der Waals surface area (Å²) in [6.45, 7) is 4.66. The molecule has 3 heterocycles. The Bertz CT molecular complexity index is 819. The predicted octanol–water partition coefficient (Wildman–Crippen LogP) is 3.39. The van der Waals surface area contributed by atoms with Gasteiger partial charge in [-0.15, -0.1) is 0 Å². The molecule has 8 heteroatoms. The third kappa shape index (κ3) is 4.09. The lowest BCUT2D eigenvalue weighted by atomic mass is 10.1. The van der Waals surface area contributed by atoms with Crippen molar-refractivity contribution in [2.24, 2.45) is 0 Å². The Labute approximate surface area is 144 Å². The second-order valence-corrected chi connectivity index (χ2v) is 6.05. The molecule has 25 heavy (non-hydrogen) atoms. The van der Waals surface area contributed by atoms with E-state index in [-0.39, 0.29) is 18.5 Å². The Morgan fingerprint density at radius 2 is 2.08 bits per heavy atom. The predicted molar refractivity (Wildman–Crippen MR) is 88.5 cm³/mol. The fourth-order valence-electron chi connectivity index (χ4n) is 2.21. The molecule has 1 N–H and O–H groups in total. The Balaban J connectivity index is 1.51. The molecule has 0 radical (unpaired) electrons. The molecule has 0 saturated carbocycles.